The van der Waals surface area contributed by atoms with E-state index in [0.717, 1.165) is 26.1 Å². The Kier molecular flexibility index (Phi) is 7.26. The van der Waals surface area contributed by atoms with Gasteiger partial charge in [0, 0.05) is 50.0 Å². The number of aryl methyl sites for hydroxylation is 2. The predicted molar refractivity (Wildman–Crippen MR) is 148 cm³/mol. The summed E-state index contributed by atoms with van der Waals surface area (Å²) >= 11 is 0. The molecule has 3 aromatic rings. The number of carbonyl (C=O) groups is 1. The minimum atomic E-state index is -3.14. The summed E-state index contributed by atoms with van der Waals surface area (Å²) in [6.07, 6.45) is 6.04. The van der Waals surface area contributed by atoms with Crippen LogP contribution in [0.2, 0.25) is 0 Å². The molecular weight excluding hydrogens is 516 g/mol. The lowest BCUT2D eigenvalue weighted by atomic mass is 9.86. The lowest BCUT2D eigenvalue weighted by molar-refractivity contribution is 0.0161. The summed E-state index contributed by atoms with van der Waals surface area (Å²) in [7, 11) is 3.34. The van der Waals surface area contributed by atoms with Crippen LogP contribution in [0.4, 0.5) is 14.6 Å². The van der Waals surface area contributed by atoms with Crippen LogP contribution in [0, 0.1) is 23.7 Å². The molecule has 1 amide bonds. The number of ether oxygens (including phenoxy) is 1. The fourth-order valence-electron chi connectivity index (χ4n) is 5.26. The van der Waals surface area contributed by atoms with Crippen molar-refractivity contribution in [1.29, 1.82) is 10.8 Å². The number of alkyl halides is 2. The number of nitrogens with one attached hydrogen (secondary N) is 2. The second-order valence-corrected chi connectivity index (χ2v) is 10.7. The molecule has 11 heteroatoms. The van der Waals surface area contributed by atoms with E-state index in [1.165, 1.54) is 22.3 Å². The highest BCUT2D eigenvalue weighted by Gasteiger charge is 2.38. The normalized spacial score (nSPS) is 15.2. The minimum Gasteiger partial charge on any atom is -0.376 e. The van der Waals surface area contributed by atoms with Crippen LogP contribution >= 0.6 is 0 Å². The van der Waals surface area contributed by atoms with Crippen molar-refractivity contribution in [3.63, 3.8) is 0 Å². The highest BCUT2D eigenvalue weighted by Crippen LogP contribution is 2.39. The Morgan fingerprint density at radius 2 is 2.02 bits per heavy atom. The Morgan fingerprint density at radius 1 is 1.27 bits per heavy atom. The molecule has 3 heterocycles. The summed E-state index contributed by atoms with van der Waals surface area (Å²) in [6.45, 7) is 3.37. The van der Waals surface area contributed by atoms with Crippen LogP contribution in [-0.2, 0) is 30.9 Å². The zero-order valence-corrected chi connectivity index (χ0v) is 23.1. The van der Waals surface area contributed by atoms with Crippen molar-refractivity contribution in [2.45, 2.75) is 52.2 Å². The number of anilines is 1. The summed E-state index contributed by atoms with van der Waals surface area (Å²) in [4.78, 5) is 21.0. The average Bonchev–Trinajstić information content (AvgIpc) is 3.43. The highest BCUT2D eigenvalue weighted by atomic mass is 19.3. The molecule has 1 aliphatic heterocycles. The van der Waals surface area contributed by atoms with E-state index in [0.29, 0.717) is 52.0 Å². The number of rotatable bonds is 9. The average molecular weight is 550 g/mol. The van der Waals surface area contributed by atoms with E-state index in [9.17, 15) is 13.6 Å². The van der Waals surface area contributed by atoms with E-state index in [-0.39, 0.29) is 30.1 Å². The van der Waals surface area contributed by atoms with Crippen molar-refractivity contribution in [2.24, 2.45) is 13.0 Å². The number of hydrogen-bond acceptors (Lipinski definition) is 6. The number of halogens is 2. The van der Waals surface area contributed by atoms with Crippen LogP contribution in [0.1, 0.15) is 64.5 Å². The zero-order valence-electron chi connectivity index (χ0n) is 23.1. The standard InChI is InChI=1S/C29H33F2N7O2/c1-17-8-20(26-22(12-34-37(26)4)27(33)36(3)16-32)11-25(35-17)38-13-23-21(28(38)39)9-19(10-24(23)29(2,30)31)15-40-14-18-6-5-7-18/h8-12,16,18,32-33H,5-7,13-15H2,1-4H3. The van der Waals surface area contributed by atoms with E-state index < -0.39 is 11.8 Å². The number of carbonyl (C=O) groups excluding carboxylic acids is 1. The lowest BCUT2D eigenvalue weighted by Gasteiger charge is -2.25. The molecule has 1 fully saturated rings. The third-order valence-corrected chi connectivity index (χ3v) is 7.65. The zero-order chi connectivity index (χ0) is 28.8. The molecule has 0 radical (unpaired) electrons. The maximum atomic E-state index is 14.8. The van der Waals surface area contributed by atoms with Crippen molar-refractivity contribution >= 4 is 23.9 Å². The molecule has 0 spiro atoms. The van der Waals surface area contributed by atoms with Gasteiger partial charge in [-0.1, -0.05) is 6.42 Å². The molecule has 5 rings (SSSR count). The Hall–Kier alpha value is -3.99. The highest BCUT2D eigenvalue weighted by molar-refractivity contribution is 6.10. The third kappa shape index (κ3) is 5.13. The molecule has 9 nitrogen and oxygen atoms in total. The van der Waals surface area contributed by atoms with Crippen LogP contribution in [-0.4, -0.2) is 51.4 Å². The molecule has 2 N–H and O–H groups in total. The van der Waals surface area contributed by atoms with E-state index >= 15 is 0 Å². The van der Waals surface area contributed by atoms with E-state index in [2.05, 4.69) is 10.1 Å². The maximum absolute atomic E-state index is 14.8. The van der Waals surface area contributed by atoms with E-state index in [1.807, 2.05) is 6.07 Å². The molecular formula is C29H33F2N7O2. The van der Waals surface area contributed by atoms with Gasteiger partial charge in [0.15, 0.2) is 0 Å². The first-order valence-corrected chi connectivity index (χ1v) is 13.2. The molecule has 2 aliphatic rings. The fourth-order valence-corrected chi connectivity index (χ4v) is 5.26. The summed E-state index contributed by atoms with van der Waals surface area (Å²) in [5.41, 5.74) is 3.30. The van der Waals surface area contributed by atoms with Gasteiger partial charge in [0.05, 0.1) is 36.9 Å². The number of pyridine rings is 1. The van der Waals surface area contributed by atoms with Gasteiger partial charge < -0.3 is 9.64 Å². The number of benzene rings is 1. The van der Waals surface area contributed by atoms with Crippen LogP contribution in [0.3, 0.4) is 0 Å². The Morgan fingerprint density at radius 3 is 2.67 bits per heavy atom. The molecule has 0 unspecified atom stereocenters. The number of aromatic nitrogens is 3. The maximum Gasteiger partial charge on any atom is 0.270 e. The summed E-state index contributed by atoms with van der Waals surface area (Å²) in [6, 6.07) is 6.65. The Bertz CT molecular complexity index is 1490. The smallest absolute Gasteiger partial charge is 0.270 e. The van der Waals surface area contributed by atoms with Gasteiger partial charge in [-0.3, -0.25) is 25.2 Å². The van der Waals surface area contributed by atoms with Crippen LogP contribution < -0.4 is 4.90 Å². The van der Waals surface area contributed by atoms with Crippen molar-refractivity contribution in [3.8, 4) is 11.3 Å². The van der Waals surface area contributed by atoms with Gasteiger partial charge in [-0.25, -0.2) is 13.8 Å². The molecule has 0 bridgehead atoms. The van der Waals surface area contributed by atoms with Gasteiger partial charge in [-0.2, -0.15) is 5.10 Å². The topological polar surface area (TPSA) is 111 Å². The molecule has 1 aliphatic carbocycles. The quantitative estimate of drug-likeness (QED) is 0.280. The molecule has 210 valence electrons. The lowest BCUT2D eigenvalue weighted by Crippen LogP contribution is -2.25. The van der Waals surface area contributed by atoms with Crippen molar-refractivity contribution in [1.82, 2.24) is 19.7 Å². The molecule has 1 aromatic carbocycles. The number of amides is 1. The second kappa shape index (κ2) is 10.5. The summed E-state index contributed by atoms with van der Waals surface area (Å²) < 4.78 is 37.0. The van der Waals surface area contributed by atoms with Gasteiger partial charge in [0.1, 0.15) is 11.7 Å². The van der Waals surface area contributed by atoms with E-state index in [1.54, 1.807) is 44.0 Å². The third-order valence-electron chi connectivity index (χ3n) is 7.65. The monoisotopic (exact) mass is 549 g/mol. The first-order chi connectivity index (χ1) is 19.0. The molecule has 0 atom stereocenters. The second-order valence-electron chi connectivity index (χ2n) is 10.7. The van der Waals surface area contributed by atoms with Crippen molar-refractivity contribution in [2.75, 3.05) is 18.6 Å². The van der Waals surface area contributed by atoms with Crippen LogP contribution in [0.25, 0.3) is 11.3 Å². The number of amidine groups is 1. The first kappa shape index (κ1) is 27.6. The van der Waals surface area contributed by atoms with Gasteiger partial charge in [-0.05, 0) is 61.1 Å². The summed E-state index contributed by atoms with van der Waals surface area (Å²) in [5.74, 6) is -2.61. The number of hydrogen-bond donors (Lipinski definition) is 2. The number of nitrogens with zero attached hydrogens (tertiary/aromatic N) is 5. The SMILES string of the molecule is Cc1cc(-c2c(C(=N)N(C)C=N)cnn2C)cc(N2Cc3c(cc(COCC4CCC4)cc3C(C)(F)F)C2=O)n1. The molecule has 40 heavy (non-hydrogen) atoms. The fraction of sp³-hybridized carbons (Fsp3) is 0.414. The van der Waals surface area contributed by atoms with Crippen molar-refractivity contribution < 1.29 is 18.3 Å². The van der Waals surface area contributed by atoms with Gasteiger partial charge in [0.2, 0.25) is 0 Å². The summed E-state index contributed by atoms with van der Waals surface area (Å²) in [5, 5.41) is 20.3. The molecule has 2 aromatic heterocycles. The Balaban J connectivity index is 1.50. The largest absolute Gasteiger partial charge is 0.376 e. The molecule has 0 saturated heterocycles. The van der Waals surface area contributed by atoms with Gasteiger partial charge in [-0.15, -0.1) is 0 Å². The van der Waals surface area contributed by atoms with Crippen LogP contribution in [0.15, 0.2) is 30.5 Å². The van der Waals surface area contributed by atoms with E-state index in [4.69, 9.17) is 15.6 Å². The Labute approximate surface area is 231 Å². The predicted octanol–water partition coefficient (Wildman–Crippen LogP) is 5.24. The van der Waals surface area contributed by atoms with Crippen LogP contribution in [0.5, 0.6) is 0 Å². The first-order valence-electron chi connectivity index (χ1n) is 13.2. The molecule has 1 saturated carbocycles. The van der Waals surface area contributed by atoms with Gasteiger partial charge in [0.25, 0.3) is 11.8 Å². The van der Waals surface area contributed by atoms with Gasteiger partial charge >= 0.3 is 0 Å². The minimum absolute atomic E-state index is 0.0311. The number of fused-ring (bicyclic) bond motifs is 1. The van der Waals surface area contributed by atoms with Crippen molar-refractivity contribution in [3.05, 3.63) is 64.0 Å².